The zero-order valence-electron chi connectivity index (χ0n) is 25.5. The molecule has 0 spiro atoms. The number of sulfonamides is 1. The zero-order valence-corrected chi connectivity index (χ0v) is 26.3. The summed E-state index contributed by atoms with van der Waals surface area (Å²) in [5.41, 5.74) is 1.82. The summed E-state index contributed by atoms with van der Waals surface area (Å²) in [7, 11) is -4.43. The lowest BCUT2D eigenvalue weighted by Crippen LogP contribution is -2.53. The molecule has 1 atom stereocenters. The fourth-order valence-corrected chi connectivity index (χ4v) is 6.19. The molecule has 0 saturated heterocycles. The smallest absolute Gasteiger partial charge is 0.264 e. The predicted octanol–water partition coefficient (Wildman–Crippen LogP) is 5.88. The monoisotopic (exact) mass is 633 g/mol. The van der Waals surface area contributed by atoms with Crippen LogP contribution in [-0.2, 0) is 32.6 Å². The Labute approximate surface area is 263 Å². The van der Waals surface area contributed by atoms with E-state index in [0.29, 0.717) is 12.1 Å². The van der Waals surface area contributed by atoms with Crippen molar-refractivity contribution >= 4 is 27.5 Å². The van der Waals surface area contributed by atoms with Crippen molar-refractivity contribution in [2.24, 2.45) is 5.92 Å². The van der Waals surface area contributed by atoms with E-state index >= 15 is 4.39 Å². The van der Waals surface area contributed by atoms with E-state index in [2.05, 4.69) is 5.32 Å². The molecule has 2 amide bonds. The van der Waals surface area contributed by atoms with Gasteiger partial charge in [0.15, 0.2) is 0 Å². The number of hydrogen-bond donors (Lipinski definition) is 1. The van der Waals surface area contributed by atoms with Crippen LogP contribution >= 0.6 is 0 Å². The van der Waals surface area contributed by atoms with Crippen LogP contribution in [0.2, 0.25) is 0 Å². The van der Waals surface area contributed by atoms with Crippen LogP contribution in [0.4, 0.5) is 14.5 Å². The standard InChI is InChI=1S/C35H37F2N3O4S/c1-25(2)22-38-35(42)33(21-27-9-5-4-6-10-27)39(23-28-15-17-29(36)18-16-28)34(41)24-40(32-12-8-7-11-31(32)37)45(43,44)30-19-13-26(3)14-20-30/h4-20,25,33H,21-24H2,1-3H3,(H,38,42). The van der Waals surface area contributed by atoms with Crippen LogP contribution < -0.4 is 9.62 Å². The maximum atomic E-state index is 15.2. The summed E-state index contributed by atoms with van der Waals surface area (Å²) < 4.78 is 57.7. The molecule has 0 radical (unpaired) electrons. The molecule has 0 aliphatic carbocycles. The van der Waals surface area contributed by atoms with Crippen molar-refractivity contribution in [3.8, 4) is 0 Å². The maximum absolute atomic E-state index is 15.2. The lowest BCUT2D eigenvalue weighted by molar-refractivity contribution is -0.140. The average molecular weight is 634 g/mol. The topological polar surface area (TPSA) is 86.8 Å². The van der Waals surface area contributed by atoms with Crippen molar-refractivity contribution in [3.05, 3.63) is 131 Å². The number of anilines is 1. The maximum Gasteiger partial charge on any atom is 0.264 e. The Morgan fingerprint density at radius 3 is 2.04 bits per heavy atom. The summed E-state index contributed by atoms with van der Waals surface area (Å²) in [4.78, 5) is 29.3. The van der Waals surface area contributed by atoms with Crippen molar-refractivity contribution in [1.82, 2.24) is 10.2 Å². The number of carbonyl (C=O) groups is 2. The molecule has 4 rings (SSSR count). The molecule has 0 aliphatic rings. The molecule has 0 saturated carbocycles. The molecule has 0 fully saturated rings. The molecule has 0 bridgehead atoms. The van der Waals surface area contributed by atoms with Crippen molar-refractivity contribution in [2.75, 3.05) is 17.4 Å². The lowest BCUT2D eigenvalue weighted by Gasteiger charge is -2.34. The molecular formula is C35H37F2N3O4S. The normalized spacial score (nSPS) is 12.0. The van der Waals surface area contributed by atoms with Crippen LogP contribution in [-0.4, -0.2) is 44.3 Å². The molecule has 10 heteroatoms. The molecule has 1 N–H and O–H groups in total. The van der Waals surface area contributed by atoms with Gasteiger partial charge in [-0.05, 0) is 60.4 Å². The van der Waals surface area contributed by atoms with Crippen LogP contribution in [0.1, 0.15) is 30.5 Å². The van der Waals surface area contributed by atoms with E-state index in [4.69, 9.17) is 0 Å². The Morgan fingerprint density at radius 2 is 1.42 bits per heavy atom. The predicted molar refractivity (Wildman–Crippen MR) is 171 cm³/mol. The van der Waals surface area contributed by atoms with E-state index in [1.54, 1.807) is 19.1 Å². The SMILES string of the molecule is Cc1ccc(S(=O)(=O)N(CC(=O)N(Cc2ccc(F)cc2)C(Cc2ccccc2)C(=O)NCC(C)C)c2ccccc2F)cc1. The quantitative estimate of drug-likeness (QED) is 0.199. The highest BCUT2D eigenvalue weighted by Crippen LogP contribution is 2.27. The van der Waals surface area contributed by atoms with Gasteiger partial charge in [0, 0.05) is 19.5 Å². The van der Waals surface area contributed by atoms with Gasteiger partial charge in [-0.1, -0.05) is 86.1 Å². The van der Waals surface area contributed by atoms with Crippen LogP contribution in [0, 0.1) is 24.5 Å². The number of rotatable bonds is 13. The molecule has 1 unspecified atom stereocenters. The third kappa shape index (κ3) is 8.76. The summed E-state index contributed by atoms with van der Waals surface area (Å²) in [6.07, 6.45) is 0.127. The average Bonchev–Trinajstić information content (AvgIpc) is 3.02. The summed E-state index contributed by atoms with van der Waals surface area (Å²) >= 11 is 0. The Bertz CT molecular complexity index is 1700. The fraction of sp³-hybridized carbons (Fsp3) is 0.257. The first-order chi connectivity index (χ1) is 21.5. The van der Waals surface area contributed by atoms with Gasteiger partial charge in [-0.2, -0.15) is 0 Å². The number of amides is 2. The van der Waals surface area contributed by atoms with E-state index in [1.807, 2.05) is 44.2 Å². The van der Waals surface area contributed by atoms with Gasteiger partial charge >= 0.3 is 0 Å². The molecule has 45 heavy (non-hydrogen) atoms. The van der Waals surface area contributed by atoms with E-state index in [-0.39, 0.29) is 29.5 Å². The number of hydrogen-bond acceptors (Lipinski definition) is 4. The highest BCUT2D eigenvalue weighted by Gasteiger charge is 2.35. The third-order valence-electron chi connectivity index (χ3n) is 7.23. The van der Waals surface area contributed by atoms with Gasteiger partial charge in [-0.15, -0.1) is 0 Å². The van der Waals surface area contributed by atoms with Crippen molar-refractivity contribution in [2.45, 2.75) is 44.7 Å². The van der Waals surface area contributed by atoms with E-state index in [1.165, 1.54) is 59.5 Å². The van der Waals surface area contributed by atoms with E-state index in [0.717, 1.165) is 21.5 Å². The number of halogens is 2. The Hall–Kier alpha value is -4.57. The lowest BCUT2D eigenvalue weighted by atomic mass is 10.0. The molecule has 4 aromatic carbocycles. The molecular weight excluding hydrogens is 596 g/mol. The van der Waals surface area contributed by atoms with Gasteiger partial charge < -0.3 is 10.2 Å². The fourth-order valence-electron chi connectivity index (χ4n) is 4.77. The van der Waals surface area contributed by atoms with Crippen molar-refractivity contribution in [1.29, 1.82) is 0 Å². The third-order valence-corrected chi connectivity index (χ3v) is 9.00. The molecule has 7 nitrogen and oxygen atoms in total. The van der Waals surface area contributed by atoms with Crippen LogP contribution in [0.15, 0.2) is 108 Å². The molecule has 0 aromatic heterocycles. The summed E-state index contributed by atoms with van der Waals surface area (Å²) in [6, 6.07) is 24.9. The molecule has 0 heterocycles. The summed E-state index contributed by atoms with van der Waals surface area (Å²) in [5, 5.41) is 2.90. The Morgan fingerprint density at radius 1 is 0.800 bits per heavy atom. The van der Waals surface area contributed by atoms with E-state index < -0.39 is 46.1 Å². The highest BCUT2D eigenvalue weighted by atomic mass is 32.2. The highest BCUT2D eigenvalue weighted by molar-refractivity contribution is 7.92. The van der Waals surface area contributed by atoms with E-state index in [9.17, 15) is 22.4 Å². The molecule has 236 valence electrons. The number of nitrogens with zero attached hydrogens (tertiary/aromatic N) is 2. The van der Waals surface area contributed by atoms with Gasteiger partial charge in [-0.25, -0.2) is 17.2 Å². The van der Waals surface area contributed by atoms with Gasteiger partial charge in [0.05, 0.1) is 10.6 Å². The summed E-state index contributed by atoms with van der Waals surface area (Å²) in [5.74, 6) is -2.34. The Kier molecular flexibility index (Phi) is 11.1. The van der Waals surface area contributed by atoms with Crippen molar-refractivity contribution < 1.29 is 26.8 Å². The van der Waals surface area contributed by atoms with Gasteiger partial charge in [0.2, 0.25) is 11.8 Å². The minimum absolute atomic E-state index is 0.121. The largest absolute Gasteiger partial charge is 0.354 e. The minimum atomic E-state index is -4.43. The summed E-state index contributed by atoms with van der Waals surface area (Å²) in [6.45, 7) is 5.12. The first-order valence-corrected chi connectivity index (χ1v) is 16.1. The van der Waals surface area contributed by atoms with Crippen LogP contribution in [0.25, 0.3) is 0 Å². The second-order valence-electron chi connectivity index (χ2n) is 11.3. The number of nitrogens with one attached hydrogen (secondary N) is 1. The first kappa shape index (κ1) is 33.3. The number of aryl methyl sites for hydroxylation is 1. The molecule has 4 aromatic rings. The van der Waals surface area contributed by atoms with Crippen LogP contribution in [0.3, 0.4) is 0 Å². The zero-order chi connectivity index (χ0) is 32.6. The number of benzene rings is 4. The minimum Gasteiger partial charge on any atom is -0.354 e. The van der Waals surface area contributed by atoms with Gasteiger partial charge in [0.1, 0.15) is 24.2 Å². The number of carbonyl (C=O) groups excluding carboxylic acids is 2. The first-order valence-electron chi connectivity index (χ1n) is 14.6. The molecule has 0 aliphatic heterocycles. The number of para-hydroxylation sites is 1. The van der Waals surface area contributed by atoms with Crippen molar-refractivity contribution in [3.63, 3.8) is 0 Å². The van der Waals surface area contributed by atoms with Crippen LogP contribution in [0.5, 0.6) is 0 Å². The second kappa shape index (κ2) is 14.9. The Balaban J connectivity index is 1.80. The second-order valence-corrected chi connectivity index (χ2v) is 13.1. The van der Waals surface area contributed by atoms with Gasteiger partial charge in [0.25, 0.3) is 10.0 Å². The van der Waals surface area contributed by atoms with Gasteiger partial charge in [-0.3, -0.25) is 13.9 Å².